The van der Waals surface area contributed by atoms with E-state index in [0.717, 1.165) is 15.4 Å². The molecule has 8 heteroatoms. The van der Waals surface area contributed by atoms with Gasteiger partial charge < -0.3 is 10.1 Å². The Bertz CT molecular complexity index is 1240. The van der Waals surface area contributed by atoms with Crippen LogP contribution in [0.5, 0.6) is 0 Å². The molecule has 0 heterocycles. The van der Waals surface area contributed by atoms with Gasteiger partial charge >= 0.3 is 5.97 Å². The normalized spacial score (nSPS) is 12.4. The minimum absolute atomic E-state index is 0.0570. The maximum absolute atomic E-state index is 12.8. The number of carbonyl (C=O) groups is 2. The monoisotopic (exact) mass is 494 g/mol. The summed E-state index contributed by atoms with van der Waals surface area (Å²) in [5, 5.41) is 2.68. The van der Waals surface area contributed by atoms with Crippen molar-refractivity contribution in [1.29, 1.82) is 0 Å². The molecule has 3 rings (SSSR count). The highest BCUT2D eigenvalue weighted by Crippen LogP contribution is 2.28. The maximum atomic E-state index is 12.8. The fraction of sp³-hybridized carbons (Fsp3) is 0.259. The molecule has 35 heavy (non-hydrogen) atoms. The van der Waals surface area contributed by atoms with Crippen LogP contribution < -0.4 is 5.32 Å². The summed E-state index contributed by atoms with van der Waals surface area (Å²) < 4.78 is 31.4. The van der Waals surface area contributed by atoms with E-state index in [2.05, 4.69) is 5.32 Å². The Balaban J connectivity index is 1.71. The first-order valence-electron chi connectivity index (χ1n) is 11.2. The quantitative estimate of drug-likeness (QED) is 0.447. The average Bonchev–Trinajstić information content (AvgIpc) is 2.84. The Labute approximate surface area is 206 Å². The van der Waals surface area contributed by atoms with Gasteiger partial charge in [0.25, 0.3) is 5.91 Å². The van der Waals surface area contributed by atoms with Gasteiger partial charge in [0.05, 0.1) is 11.3 Å². The Morgan fingerprint density at radius 1 is 0.914 bits per heavy atom. The first-order valence-corrected chi connectivity index (χ1v) is 12.7. The van der Waals surface area contributed by atoms with Crippen LogP contribution in [0.1, 0.15) is 36.0 Å². The second-order valence-electron chi connectivity index (χ2n) is 8.46. The lowest BCUT2D eigenvalue weighted by atomic mass is 9.88. The highest BCUT2D eigenvalue weighted by Gasteiger charge is 2.24. The summed E-state index contributed by atoms with van der Waals surface area (Å²) >= 11 is 0. The van der Waals surface area contributed by atoms with Crippen molar-refractivity contribution in [3.63, 3.8) is 0 Å². The van der Waals surface area contributed by atoms with E-state index in [4.69, 9.17) is 4.74 Å². The SMILES string of the molecule is Cc1ccc(S(=O)(=O)N(C)C)cc1NC(=O)C(C)OC(=O)CC(c1ccccc1)c1ccccc1. The average molecular weight is 495 g/mol. The zero-order valence-electron chi connectivity index (χ0n) is 20.3. The number of anilines is 1. The largest absolute Gasteiger partial charge is 0.453 e. The number of sulfonamides is 1. The van der Waals surface area contributed by atoms with Crippen molar-refractivity contribution in [3.05, 3.63) is 95.6 Å². The predicted molar refractivity (Wildman–Crippen MR) is 136 cm³/mol. The molecular formula is C27H30N2O5S. The highest BCUT2D eigenvalue weighted by molar-refractivity contribution is 7.89. The lowest BCUT2D eigenvalue weighted by Gasteiger charge is -2.20. The van der Waals surface area contributed by atoms with Gasteiger partial charge in [0.2, 0.25) is 10.0 Å². The lowest BCUT2D eigenvalue weighted by molar-refractivity contribution is -0.153. The van der Waals surface area contributed by atoms with Gasteiger partial charge in [0.1, 0.15) is 0 Å². The molecule has 0 saturated carbocycles. The molecular weight excluding hydrogens is 464 g/mol. The van der Waals surface area contributed by atoms with Gasteiger partial charge in [-0.2, -0.15) is 0 Å². The summed E-state index contributed by atoms with van der Waals surface area (Å²) in [6.07, 6.45) is -0.996. The number of aryl methyl sites for hydroxylation is 1. The topological polar surface area (TPSA) is 92.8 Å². The van der Waals surface area contributed by atoms with E-state index < -0.39 is 28.0 Å². The van der Waals surface area contributed by atoms with Crippen LogP contribution in [-0.2, 0) is 24.3 Å². The Morgan fingerprint density at radius 3 is 1.97 bits per heavy atom. The van der Waals surface area contributed by atoms with Crippen LogP contribution in [-0.4, -0.2) is 44.8 Å². The molecule has 0 bridgehead atoms. The number of amides is 1. The number of nitrogens with zero attached hydrogens (tertiary/aromatic N) is 1. The zero-order valence-corrected chi connectivity index (χ0v) is 21.1. The van der Waals surface area contributed by atoms with Gasteiger partial charge in [-0.1, -0.05) is 66.7 Å². The molecule has 1 N–H and O–H groups in total. The fourth-order valence-corrected chi connectivity index (χ4v) is 4.53. The maximum Gasteiger partial charge on any atom is 0.307 e. The molecule has 0 aliphatic rings. The molecule has 1 atom stereocenters. The molecule has 3 aromatic carbocycles. The van der Waals surface area contributed by atoms with Gasteiger partial charge in [-0.25, -0.2) is 12.7 Å². The van der Waals surface area contributed by atoms with Crippen molar-refractivity contribution in [2.75, 3.05) is 19.4 Å². The third-order valence-corrected chi connectivity index (χ3v) is 7.51. The summed E-state index contributed by atoms with van der Waals surface area (Å²) in [4.78, 5) is 25.6. The molecule has 0 spiro atoms. The summed E-state index contributed by atoms with van der Waals surface area (Å²) in [5.74, 6) is -1.27. The van der Waals surface area contributed by atoms with E-state index in [1.165, 1.54) is 33.2 Å². The molecule has 0 saturated heterocycles. The summed E-state index contributed by atoms with van der Waals surface area (Å²) in [6.45, 7) is 3.24. The van der Waals surface area contributed by atoms with E-state index in [-0.39, 0.29) is 17.2 Å². The molecule has 0 aliphatic heterocycles. The first kappa shape index (κ1) is 26.1. The summed E-state index contributed by atoms with van der Waals surface area (Å²) in [5.41, 5.74) is 2.97. The smallest absolute Gasteiger partial charge is 0.307 e. The van der Waals surface area contributed by atoms with Crippen LogP contribution in [0.3, 0.4) is 0 Å². The second-order valence-corrected chi connectivity index (χ2v) is 10.6. The van der Waals surface area contributed by atoms with Crippen LogP contribution in [0.4, 0.5) is 5.69 Å². The van der Waals surface area contributed by atoms with E-state index in [9.17, 15) is 18.0 Å². The molecule has 3 aromatic rings. The van der Waals surface area contributed by atoms with Gasteiger partial charge in [0, 0.05) is 25.7 Å². The van der Waals surface area contributed by atoms with Crippen molar-refractivity contribution in [3.8, 4) is 0 Å². The third kappa shape index (κ3) is 6.55. The van der Waals surface area contributed by atoms with Gasteiger partial charge in [0.15, 0.2) is 6.10 Å². The standard InChI is InChI=1S/C27H30N2O5S/c1-19-15-16-23(35(32,33)29(3)4)17-25(19)28-27(31)20(2)34-26(30)18-24(21-11-7-5-8-12-21)22-13-9-6-10-14-22/h5-17,20,24H,18H2,1-4H3,(H,28,31). The van der Waals surface area contributed by atoms with Crippen LogP contribution in [0.15, 0.2) is 83.8 Å². The van der Waals surface area contributed by atoms with Gasteiger partial charge in [-0.15, -0.1) is 0 Å². The van der Waals surface area contributed by atoms with Crippen LogP contribution >= 0.6 is 0 Å². The minimum Gasteiger partial charge on any atom is -0.453 e. The first-order chi connectivity index (χ1) is 16.6. The summed E-state index contributed by atoms with van der Waals surface area (Å²) in [6, 6.07) is 23.8. The number of rotatable bonds is 9. The number of nitrogens with one attached hydrogen (secondary N) is 1. The van der Waals surface area contributed by atoms with Gasteiger partial charge in [-0.05, 0) is 42.7 Å². The second kappa shape index (κ2) is 11.3. The fourth-order valence-electron chi connectivity index (χ4n) is 3.61. The lowest BCUT2D eigenvalue weighted by Crippen LogP contribution is -2.31. The predicted octanol–water partition coefficient (Wildman–Crippen LogP) is 4.34. The van der Waals surface area contributed by atoms with Crippen molar-refractivity contribution in [1.82, 2.24) is 4.31 Å². The number of carbonyl (C=O) groups excluding carboxylic acids is 2. The molecule has 0 radical (unpaired) electrons. The Morgan fingerprint density at radius 2 is 1.46 bits per heavy atom. The van der Waals surface area contributed by atoms with Crippen molar-refractivity contribution < 1.29 is 22.7 Å². The minimum atomic E-state index is -3.66. The molecule has 1 unspecified atom stereocenters. The molecule has 1 amide bonds. The Hall–Kier alpha value is -3.49. The van der Waals surface area contributed by atoms with E-state index in [1.54, 1.807) is 13.0 Å². The summed E-state index contributed by atoms with van der Waals surface area (Å²) in [7, 11) is -0.786. The van der Waals surface area contributed by atoms with Crippen LogP contribution in [0, 0.1) is 6.92 Å². The van der Waals surface area contributed by atoms with E-state index in [1.807, 2.05) is 60.7 Å². The third-order valence-electron chi connectivity index (χ3n) is 5.70. The van der Waals surface area contributed by atoms with Crippen molar-refractivity contribution >= 4 is 27.6 Å². The van der Waals surface area contributed by atoms with Crippen LogP contribution in [0.25, 0.3) is 0 Å². The number of esters is 1. The number of ether oxygens (including phenoxy) is 1. The number of hydrogen-bond donors (Lipinski definition) is 1. The molecule has 0 fully saturated rings. The van der Waals surface area contributed by atoms with Gasteiger partial charge in [-0.3, -0.25) is 9.59 Å². The highest BCUT2D eigenvalue weighted by atomic mass is 32.2. The number of benzene rings is 3. The Kier molecular flexibility index (Phi) is 8.43. The van der Waals surface area contributed by atoms with Crippen molar-refractivity contribution in [2.45, 2.75) is 37.2 Å². The molecule has 184 valence electrons. The molecule has 0 aromatic heterocycles. The van der Waals surface area contributed by atoms with Crippen molar-refractivity contribution in [2.24, 2.45) is 0 Å². The van der Waals surface area contributed by atoms with E-state index >= 15 is 0 Å². The molecule has 7 nitrogen and oxygen atoms in total. The van der Waals surface area contributed by atoms with Crippen LogP contribution in [0.2, 0.25) is 0 Å². The molecule has 0 aliphatic carbocycles. The zero-order chi connectivity index (χ0) is 25.6. The van der Waals surface area contributed by atoms with E-state index in [0.29, 0.717) is 11.3 Å². The number of hydrogen-bond acceptors (Lipinski definition) is 5.